The van der Waals surface area contributed by atoms with Crippen molar-refractivity contribution in [2.45, 2.75) is 51.0 Å². The van der Waals surface area contributed by atoms with Gasteiger partial charge < -0.3 is 10.6 Å². The normalized spacial score (nSPS) is 18.7. The van der Waals surface area contributed by atoms with Crippen LogP contribution in [0.2, 0.25) is 0 Å². The van der Waals surface area contributed by atoms with Crippen molar-refractivity contribution in [3.8, 4) is 0 Å². The molecule has 0 amide bonds. The summed E-state index contributed by atoms with van der Waals surface area (Å²) in [4.78, 5) is 2.45. The molecule has 3 nitrogen and oxygen atoms in total. The molecule has 0 spiro atoms. The van der Waals surface area contributed by atoms with E-state index < -0.39 is 0 Å². The van der Waals surface area contributed by atoms with E-state index in [9.17, 15) is 0 Å². The van der Waals surface area contributed by atoms with Gasteiger partial charge in [0.2, 0.25) is 0 Å². The highest BCUT2D eigenvalue weighted by atomic mass is 15.1. The molecule has 1 aliphatic carbocycles. The molecular formula is C11H23N3. The van der Waals surface area contributed by atoms with Crippen LogP contribution in [-0.4, -0.2) is 30.4 Å². The average molecular weight is 197 g/mol. The smallest absolute Gasteiger partial charge is 0.0905 e. The first-order valence-corrected chi connectivity index (χ1v) is 5.73. The molecule has 1 fully saturated rings. The number of nitrogens with one attached hydrogen (secondary N) is 1. The Morgan fingerprint density at radius 3 is 2.57 bits per heavy atom. The SMILES string of the molecule is CN(CCCC(=N)N)C1CCCCC1. The highest BCUT2D eigenvalue weighted by Gasteiger charge is 2.17. The average Bonchev–Trinajstić information content (AvgIpc) is 2.18. The zero-order valence-electron chi connectivity index (χ0n) is 9.26. The lowest BCUT2D eigenvalue weighted by molar-refractivity contribution is 0.191. The van der Waals surface area contributed by atoms with Crippen LogP contribution < -0.4 is 5.73 Å². The first-order valence-electron chi connectivity index (χ1n) is 5.73. The molecule has 1 saturated carbocycles. The van der Waals surface area contributed by atoms with Crippen molar-refractivity contribution < 1.29 is 0 Å². The van der Waals surface area contributed by atoms with Crippen molar-refractivity contribution in [1.29, 1.82) is 5.41 Å². The van der Waals surface area contributed by atoms with Crippen molar-refractivity contribution in [3.05, 3.63) is 0 Å². The minimum Gasteiger partial charge on any atom is -0.388 e. The van der Waals surface area contributed by atoms with E-state index in [1.54, 1.807) is 0 Å². The van der Waals surface area contributed by atoms with Crippen molar-refractivity contribution >= 4 is 5.84 Å². The first kappa shape index (κ1) is 11.5. The Bertz CT molecular complexity index is 173. The zero-order valence-corrected chi connectivity index (χ0v) is 9.26. The lowest BCUT2D eigenvalue weighted by Gasteiger charge is -2.31. The Morgan fingerprint density at radius 2 is 2.00 bits per heavy atom. The van der Waals surface area contributed by atoms with Gasteiger partial charge in [-0.05, 0) is 32.9 Å². The molecule has 82 valence electrons. The van der Waals surface area contributed by atoms with E-state index >= 15 is 0 Å². The van der Waals surface area contributed by atoms with Crippen LogP contribution in [0.3, 0.4) is 0 Å². The monoisotopic (exact) mass is 197 g/mol. The maximum Gasteiger partial charge on any atom is 0.0905 e. The lowest BCUT2D eigenvalue weighted by Crippen LogP contribution is -2.34. The van der Waals surface area contributed by atoms with E-state index in [0.29, 0.717) is 5.84 Å². The molecule has 0 radical (unpaired) electrons. The first-order chi connectivity index (χ1) is 6.70. The summed E-state index contributed by atoms with van der Waals surface area (Å²) >= 11 is 0. The quantitative estimate of drug-likeness (QED) is 0.523. The van der Waals surface area contributed by atoms with Crippen molar-refractivity contribution in [2.24, 2.45) is 5.73 Å². The van der Waals surface area contributed by atoms with Crippen LogP contribution in [0.4, 0.5) is 0 Å². The number of nitrogens with zero attached hydrogens (tertiary/aromatic N) is 1. The van der Waals surface area contributed by atoms with Crippen LogP contribution in [-0.2, 0) is 0 Å². The molecule has 1 rings (SSSR count). The maximum atomic E-state index is 7.14. The predicted octanol–water partition coefficient (Wildman–Crippen LogP) is 1.97. The van der Waals surface area contributed by atoms with Gasteiger partial charge in [-0.25, -0.2) is 0 Å². The van der Waals surface area contributed by atoms with Gasteiger partial charge >= 0.3 is 0 Å². The van der Waals surface area contributed by atoms with Crippen LogP contribution in [0.15, 0.2) is 0 Å². The zero-order chi connectivity index (χ0) is 10.4. The Hall–Kier alpha value is -0.570. The van der Waals surface area contributed by atoms with Gasteiger partial charge in [-0.15, -0.1) is 0 Å². The van der Waals surface area contributed by atoms with E-state index in [1.165, 1.54) is 32.1 Å². The third-order valence-electron chi connectivity index (χ3n) is 3.15. The molecule has 0 atom stereocenters. The lowest BCUT2D eigenvalue weighted by atomic mass is 9.94. The molecule has 0 heterocycles. The van der Waals surface area contributed by atoms with E-state index in [2.05, 4.69) is 11.9 Å². The highest BCUT2D eigenvalue weighted by Crippen LogP contribution is 2.21. The van der Waals surface area contributed by atoms with Gasteiger partial charge in [0.1, 0.15) is 0 Å². The standard InChI is InChI=1S/C11H23N3/c1-14(9-5-8-11(12)13)10-6-3-2-4-7-10/h10H,2-9H2,1H3,(H3,12,13). The number of hydrogen-bond acceptors (Lipinski definition) is 2. The summed E-state index contributed by atoms with van der Waals surface area (Å²) in [6, 6.07) is 0.788. The Kier molecular flexibility index (Phi) is 4.94. The summed E-state index contributed by atoms with van der Waals surface area (Å²) in [5, 5.41) is 7.14. The second kappa shape index (κ2) is 6.02. The molecule has 14 heavy (non-hydrogen) atoms. The van der Waals surface area contributed by atoms with Gasteiger partial charge in [0.05, 0.1) is 5.84 Å². The number of hydrogen-bond donors (Lipinski definition) is 2. The molecule has 0 aromatic rings. The molecule has 3 N–H and O–H groups in total. The van der Waals surface area contributed by atoms with E-state index in [1.807, 2.05) is 0 Å². The summed E-state index contributed by atoms with van der Waals surface area (Å²) in [7, 11) is 2.20. The second-order valence-electron chi connectivity index (χ2n) is 4.40. The van der Waals surface area contributed by atoms with Crippen LogP contribution in [0.25, 0.3) is 0 Å². The van der Waals surface area contributed by atoms with Crippen LogP contribution in [0.5, 0.6) is 0 Å². The molecule has 0 aromatic heterocycles. The topological polar surface area (TPSA) is 53.1 Å². The van der Waals surface area contributed by atoms with Crippen molar-refractivity contribution in [2.75, 3.05) is 13.6 Å². The van der Waals surface area contributed by atoms with Gasteiger partial charge in [0, 0.05) is 12.5 Å². The Balaban J connectivity index is 2.13. The van der Waals surface area contributed by atoms with Gasteiger partial charge in [0.25, 0.3) is 0 Å². The summed E-state index contributed by atoms with van der Waals surface area (Å²) in [6.45, 7) is 1.09. The highest BCUT2D eigenvalue weighted by molar-refractivity contribution is 5.76. The third kappa shape index (κ3) is 4.09. The van der Waals surface area contributed by atoms with Crippen molar-refractivity contribution in [3.63, 3.8) is 0 Å². The molecular weight excluding hydrogens is 174 g/mol. The Morgan fingerprint density at radius 1 is 1.36 bits per heavy atom. The fraction of sp³-hybridized carbons (Fsp3) is 0.909. The fourth-order valence-corrected chi connectivity index (χ4v) is 2.22. The summed E-state index contributed by atoms with van der Waals surface area (Å²) < 4.78 is 0. The molecule has 3 heteroatoms. The number of rotatable bonds is 5. The van der Waals surface area contributed by atoms with Crippen LogP contribution in [0, 0.1) is 5.41 Å². The number of amidine groups is 1. The summed E-state index contributed by atoms with van der Waals surface area (Å²) in [5.74, 6) is 0.321. The van der Waals surface area contributed by atoms with E-state index in [4.69, 9.17) is 11.1 Å². The second-order valence-corrected chi connectivity index (χ2v) is 4.40. The molecule has 0 unspecified atom stereocenters. The fourth-order valence-electron chi connectivity index (χ4n) is 2.22. The number of nitrogens with two attached hydrogens (primary N) is 1. The van der Waals surface area contributed by atoms with Crippen molar-refractivity contribution in [1.82, 2.24) is 4.90 Å². The molecule has 0 bridgehead atoms. The van der Waals surface area contributed by atoms with E-state index in [-0.39, 0.29) is 0 Å². The van der Waals surface area contributed by atoms with Crippen LogP contribution >= 0.6 is 0 Å². The molecule has 1 aliphatic rings. The predicted molar refractivity (Wildman–Crippen MR) is 60.7 cm³/mol. The van der Waals surface area contributed by atoms with Gasteiger partial charge in [-0.2, -0.15) is 0 Å². The minimum absolute atomic E-state index is 0.321. The van der Waals surface area contributed by atoms with Gasteiger partial charge in [-0.1, -0.05) is 19.3 Å². The van der Waals surface area contributed by atoms with E-state index in [0.717, 1.165) is 25.4 Å². The summed E-state index contributed by atoms with van der Waals surface area (Å²) in [5.41, 5.74) is 5.32. The third-order valence-corrected chi connectivity index (χ3v) is 3.15. The maximum absolute atomic E-state index is 7.14. The molecule has 0 aliphatic heterocycles. The van der Waals surface area contributed by atoms with Gasteiger partial charge in [0.15, 0.2) is 0 Å². The molecule has 0 aromatic carbocycles. The molecule has 0 saturated heterocycles. The van der Waals surface area contributed by atoms with Crippen LogP contribution in [0.1, 0.15) is 44.9 Å². The largest absolute Gasteiger partial charge is 0.388 e. The minimum atomic E-state index is 0.321. The Labute approximate surface area is 87.2 Å². The summed E-state index contributed by atoms with van der Waals surface area (Å²) in [6.07, 6.45) is 8.69. The van der Waals surface area contributed by atoms with Gasteiger partial charge in [-0.3, -0.25) is 5.41 Å².